The topological polar surface area (TPSA) is 53.4 Å². The van der Waals surface area contributed by atoms with Crippen molar-refractivity contribution in [3.8, 4) is 5.69 Å². The number of carbonyl (C=O) groups is 1. The summed E-state index contributed by atoms with van der Waals surface area (Å²) in [6.07, 6.45) is 5.18. The third-order valence-electron chi connectivity index (χ3n) is 3.21. The van der Waals surface area contributed by atoms with Gasteiger partial charge in [-0.05, 0) is 32.3 Å². The van der Waals surface area contributed by atoms with Crippen molar-refractivity contribution in [2.45, 2.75) is 0 Å². The number of hydrogen-bond donors (Lipinski definition) is 1. The smallest absolute Gasteiger partial charge is 0.321 e. The lowest BCUT2D eigenvalue weighted by molar-refractivity contribution is 0.217. The highest BCUT2D eigenvalue weighted by Gasteiger charge is 2.10. The molecule has 1 aromatic heterocycles. The fourth-order valence-electron chi connectivity index (χ4n) is 1.87. The molecular weight excluding hydrogens is 302 g/mol. The van der Waals surface area contributed by atoms with Gasteiger partial charge in [-0.1, -0.05) is 11.6 Å². The van der Waals surface area contributed by atoms with E-state index in [1.807, 2.05) is 41.9 Å². The zero-order chi connectivity index (χ0) is 16.1. The molecule has 0 aliphatic rings. The van der Waals surface area contributed by atoms with Gasteiger partial charge >= 0.3 is 6.03 Å². The van der Waals surface area contributed by atoms with Crippen LogP contribution in [0.25, 0.3) is 5.69 Å². The lowest BCUT2D eigenvalue weighted by Crippen LogP contribution is -2.36. The minimum Gasteiger partial charge on any atom is -0.326 e. The van der Waals surface area contributed by atoms with Crippen LogP contribution in [-0.2, 0) is 0 Å². The second-order valence-corrected chi connectivity index (χ2v) is 5.70. The van der Waals surface area contributed by atoms with Crippen LogP contribution in [0.1, 0.15) is 0 Å². The van der Waals surface area contributed by atoms with Crippen LogP contribution in [0, 0.1) is 0 Å². The van der Waals surface area contributed by atoms with Crippen molar-refractivity contribution in [2.24, 2.45) is 0 Å². The maximum atomic E-state index is 12.1. The predicted octanol–water partition coefficient (Wildman–Crippen LogP) is 2.55. The van der Waals surface area contributed by atoms with Gasteiger partial charge in [0, 0.05) is 38.2 Å². The Morgan fingerprint density at radius 2 is 2.09 bits per heavy atom. The summed E-state index contributed by atoms with van der Waals surface area (Å²) in [6.45, 7) is 1.46. The summed E-state index contributed by atoms with van der Waals surface area (Å²) in [5.41, 5.74) is 1.48. The molecule has 0 radical (unpaired) electrons. The second-order valence-electron chi connectivity index (χ2n) is 5.29. The van der Waals surface area contributed by atoms with E-state index in [1.165, 1.54) is 0 Å². The normalized spacial score (nSPS) is 10.8. The quantitative estimate of drug-likeness (QED) is 0.920. The first kappa shape index (κ1) is 16.3. The summed E-state index contributed by atoms with van der Waals surface area (Å²) in [5, 5.41) is 3.39. The molecular formula is C15H20ClN5O. The Morgan fingerprint density at radius 3 is 2.68 bits per heavy atom. The van der Waals surface area contributed by atoms with Crippen LogP contribution in [-0.4, -0.2) is 59.6 Å². The predicted molar refractivity (Wildman–Crippen MR) is 88.8 cm³/mol. The standard InChI is InChI=1S/C15H20ClN5O/c1-19(2)8-9-20(3)15(22)18-12-4-5-14(13(16)10-12)21-7-6-17-11-21/h4-7,10-11H,8-9H2,1-3H3,(H,18,22). The van der Waals surface area contributed by atoms with Gasteiger partial charge in [-0.2, -0.15) is 0 Å². The molecule has 0 saturated carbocycles. The van der Waals surface area contributed by atoms with Gasteiger partial charge in [0.2, 0.25) is 0 Å². The number of imidazole rings is 1. The van der Waals surface area contributed by atoms with Crippen LogP contribution in [0.2, 0.25) is 5.02 Å². The molecule has 0 bridgehead atoms. The van der Waals surface area contributed by atoms with E-state index in [1.54, 1.807) is 30.5 Å². The number of likely N-dealkylation sites (N-methyl/N-ethyl adjacent to an activating group) is 2. The van der Waals surface area contributed by atoms with E-state index in [0.29, 0.717) is 17.3 Å². The average Bonchev–Trinajstić information content (AvgIpc) is 2.98. The molecule has 2 rings (SSSR count). The molecule has 22 heavy (non-hydrogen) atoms. The van der Waals surface area contributed by atoms with E-state index in [4.69, 9.17) is 11.6 Å². The number of nitrogens with one attached hydrogen (secondary N) is 1. The number of aromatic nitrogens is 2. The van der Waals surface area contributed by atoms with E-state index in [2.05, 4.69) is 10.3 Å². The van der Waals surface area contributed by atoms with E-state index in [0.717, 1.165) is 12.2 Å². The van der Waals surface area contributed by atoms with E-state index in [-0.39, 0.29) is 6.03 Å². The first-order valence-corrected chi connectivity index (χ1v) is 7.30. The zero-order valence-electron chi connectivity index (χ0n) is 13.0. The maximum Gasteiger partial charge on any atom is 0.321 e. The minimum absolute atomic E-state index is 0.159. The lowest BCUT2D eigenvalue weighted by Gasteiger charge is -2.20. The highest BCUT2D eigenvalue weighted by molar-refractivity contribution is 6.32. The number of halogens is 1. The SMILES string of the molecule is CN(C)CCN(C)C(=O)Nc1ccc(-n2ccnc2)c(Cl)c1. The summed E-state index contributed by atoms with van der Waals surface area (Å²) in [5.74, 6) is 0. The molecule has 2 amide bonds. The fourth-order valence-corrected chi connectivity index (χ4v) is 2.14. The fraction of sp³-hybridized carbons (Fsp3) is 0.333. The Kier molecular flexibility index (Phi) is 5.41. The third-order valence-corrected chi connectivity index (χ3v) is 3.51. The zero-order valence-corrected chi connectivity index (χ0v) is 13.7. The first-order valence-electron chi connectivity index (χ1n) is 6.92. The molecule has 118 valence electrons. The minimum atomic E-state index is -0.159. The molecule has 0 aliphatic heterocycles. The number of amides is 2. The molecule has 0 aliphatic carbocycles. The van der Waals surface area contributed by atoms with Crippen molar-refractivity contribution in [3.63, 3.8) is 0 Å². The van der Waals surface area contributed by atoms with E-state index in [9.17, 15) is 4.79 Å². The van der Waals surface area contributed by atoms with Gasteiger partial charge < -0.3 is 19.7 Å². The molecule has 1 aromatic carbocycles. The van der Waals surface area contributed by atoms with Crippen molar-refractivity contribution in [1.82, 2.24) is 19.4 Å². The number of carbonyl (C=O) groups excluding carboxylic acids is 1. The summed E-state index contributed by atoms with van der Waals surface area (Å²) < 4.78 is 1.82. The van der Waals surface area contributed by atoms with Crippen molar-refractivity contribution < 1.29 is 4.79 Å². The summed E-state index contributed by atoms with van der Waals surface area (Å²) in [7, 11) is 5.71. The summed E-state index contributed by atoms with van der Waals surface area (Å²) in [6, 6.07) is 5.24. The van der Waals surface area contributed by atoms with Gasteiger partial charge in [-0.15, -0.1) is 0 Å². The Morgan fingerprint density at radius 1 is 1.32 bits per heavy atom. The Bertz CT molecular complexity index is 627. The Balaban J connectivity index is 2.01. The van der Waals surface area contributed by atoms with Crippen LogP contribution < -0.4 is 5.32 Å². The van der Waals surface area contributed by atoms with E-state index < -0.39 is 0 Å². The molecule has 0 atom stereocenters. The molecule has 0 saturated heterocycles. The average molecular weight is 322 g/mol. The van der Waals surface area contributed by atoms with Gasteiger partial charge in [0.1, 0.15) is 0 Å². The third kappa shape index (κ3) is 4.22. The van der Waals surface area contributed by atoms with Crippen molar-refractivity contribution in [3.05, 3.63) is 41.9 Å². The van der Waals surface area contributed by atoms with Crippen LogP contribution in [0.4, 0.5) is 10.5 Å². The van der Waals surface area contributed by atoms with Gasteiger partial charge in [0.05, 0.1) is 17.0 Å². The monoisotopic (exact) mass is 321 g/mol. The lowest BCUT2D eigenvalue weighted by atomic mass is 10.2. The summed E-state index contributed by atoms with van der Waals surface area (Å²) >= 11 is 6.27. The van der Waals surface area contributed by atoms with Crippen molar-refractivity contribution >= 4 is 23.3 Å². The number of rotatable bonds is 5. The molecule has 0 unspecified atom stereocenters. The van der Waals surface area contributed by atoms with Crippen LogP contribution in [0.3, 0.4) is 0 Å². The molecule has 0 fully saturated rings. The number of urea groups is 1. The molecule has 6 nitrogen and oxygen atoms in total. The number of anilines is 1. The highest BCUT2D eigenvalue weighted by atomic mass is 35.5. The highest BCUT2D eigenvalue weighted by Crippen LogP contribution is 2.24. The summed E-state index contributed by atoms with van der Waals surface area (Å²) in [4.78, 5) is 19.7. The Labute approximate surface area is 135 Å². The van der Waals surface area contributed by atoms with Gasteiger partial charge in [0.25, 0.3) is 0 Å². The van der Waals surface area contributed by atoms with Crippen LogP contribution in [0.5, 0.6) is 0 Å². The van der Waals surface area contributed by atoms with E-state index >= 15 is 0 Å². The Hall–Kier alpha value is -2.05. The number of hydrogen-bond acceptors (Lipinski definition) is 3. The first-order chi connectivity index (χ1) is 10.5. The van der Waals surface area contributed by atoms with Gasteiger partial charge in [-0.3, -0.25) is 0 Å². The van der Waals surface area contributed by atoms with Crippen LogP contribution in [0.15, 0.2) is 36.9 Å². The van der Waals surface area contributed by atoms with Crippen molar-refractivity contribution in [1.29, 1.82) is 0 Å². The van der Waals surface area contributed by atoms with Gasteiger partial charge in [0.15, 0.2) is 0 Å². The molecule has 0 spiro atoms. The largest absolute Gasteiger partial charge is 0.326 e. The van der Waals surface area contributed by atoms with Gasteiger partial charge in [-0.25, -0.2) is 9.78 Å². The molecule has 7 heteroatoms. The number of benzene rings is 1. The maximum absolute atomic E-state index is 12.1. The number of nitrogens with zero attached hydrogens (tertiary/aromatic N) is 4. The molecule has 1 heterocycles. The molecule has 2 aromatic rings. The van der Waals surface area contributed by atoms with Crippen molar-refractivity contribution in [2.75, 3.05) is 39.5 Å². The van der Waals surface area contributed by atoms with Crippen LogP contribution >= 0.6 is 11.6 Å². The molecule has 1 N–H and O–H groups in total. The second kappa shape index (κ2) is 7.29.